The molecule has 1 aromatic heterocycles. The van der Waals surface area contributed by atoms with Crippen LogP contribution in [0.25, 0.3) is 10.9 Å². The van der Waals surface area contributed by atoms with Crippen LogP contribution in [0.1, 0.15) is 16.9 Å². The van der Waals surface area contributed by atoms with Crippen molar-refractivity contribution in [2.45, 2.75) is 6.42 Å². The van der Waals surface area contributed by atoms with E-state index in [1.165, 1.54) is 0 Å². The number of benzene rings is 1. The van der Waals surface area contributed by atoms with Crippen molar-refractivity contribution in [3.63, 3.8) is 0 Å². The van der Waals surface area contributed by atoms with Gasteiger partial charge in [0.05, 0.1) is 5.52 Å². The van der Waals surface area contributed by atoms with Crippen LogP contribution in [0.4, 0.5) is 0 Å². The lowest BCUT2D eigenvalue weighted by Crippen LogP contribution is -2.44. The molecule has 23 heavy (non-hydrogen) atoms. The number of hydrogen-bond acceptors (Lipinski definition) is 4. The molecule has 1 fully saturated rings. The van der Waals surface area contributed by atoms with Gasteiger partial charge in [0.25, 0.3) is 5.91 Å². The van der Waals surface area contributed by atoms with Gasteiger partial charge >= 0.3 is 0 Å². The lowest BCUT2D eigenvalue weighted by Gasteiger charge is -2.27. The van der Waals surface area contributed by atoms with Gasteiger partial charge in [0.1, 0.15) is 5.69 Å². The number of amides is 1. The van der Waals surface area contributed by atoms with E-state index >= 15 is 0 Å². The molecule has 1 saturated heterocycles. The maximum absolute atomic E-state index is 12.2. The van der Waals surface area contributed by atoms with Crippen molar-refractivity contribution in [2.75, 3.05) is 39.3 Å². The fraction of sp³-hybridized carbons (Fsp3) is 0.412. The number of nitrogens with zero attached hydrogens (tertiary/aromatic N) is 2. The molecule has 3 rings (SSSR count). The molecule has 1 aliphatic rings. The Balaban J connectivity index is 1.51. The van der Waals surface area contributed by atoms with Gasteiger partial charge in [-0.1, -0.05) is 23.7 Å². The molecule has 2 N–H and O–H groups in total. The molecule has 0 unspecified atom stereocenters. The summed E-state index contributed by atoms with van der Waals surface area (Å²) in [5, 5.41) is 7.88. The number of carbonyl (C=O) groups excluding carboxylic acids is 1. The van der Waals surface area contributed by atoms with E-state index in [9.17, 15) is 4.79 Å². The molecule has 1 amide bonds. The number of pyridine rings is 1. The number of carbonyl (C=O) groups is 1. The molecule has 122 valence electrons. The van der Waals surface area contributed by atoms with Gasteiger partial charge in [-0.25, -0.2) is 4.98 Å². The Morgan fingerprint density at radius 3 is 2.87 bits per heavy atom. The van der Waals surface area contributed by atoms with E-state index in [1.807, 2.05) is 18.2 Å². The van der Waals surface area contributed by atoms with Crippen molar-refractivity contribution in [1.29, 1.82) is 0 Å². The summed E-state index contributed by atoms with van der Waals surface area (Å²) < 4.78 is 0. The summed E-state index contributed by atoms with van der Waals surface area (Å²) in [5.41, 5.74) is 1.17. The zero-order valence-corrected chi connectivity index (χ0v) is 13.8. The van der Waals surface area contributed by atoms with Gasteiger partial charge in [0, 0.05) is 43.1 Å². The first-order chi connectivity index (χ1) is 11.2. The topological polar surface area (TPSA) is 57.3 Å². The highest BCUT2D eigenvalue weighted by molar-refractivity contribution is 6.31. The van der Waals surface area contributed by atoms with Crippen LogP contribution in [0.3, 0.4) is 0 Å². The average molecular weight is 333 g/mol. The molecule has 1 aromatic carbocycles. The van der Waals surface area contributed by atoms with E-state index in [2.05, 4.69) is 20.5 Å². The van der Waals surface area contributed by atoms with Gasteiger partial charge < -0.3 is 15.5 Å². The molecular weight excluding hydrogens is 312 g/mol. The first-order valence-electron chi connectivity index (χ1n) is 8.00. The van der Waals surface area contributed by atoms with E-state index in [-0.39, 0.29) is 5.91 Å². The molecule has 0 aliphatic carbocycles. The second-order valence-electron chi connectivity index (χ2n) is 5.73. The van der Waals surface area contributed by atoms with Crippen LogP contribution in [0.5, 0.6) is 0 Å². The summed E-state index contributed by atoms with van der Waals surface area (Å²) >= 11 is 5.98. The average Bonchev–Trinajstić information content (AvgIpc) is 2.58. The molecule has 0 atom stereocenters. The molecule has 0 bridgehead atoms. The molecule has 2 heterocycles. The van der Waals surface area contributed by atoms with Crippen molar-refractivity contribution in [2.24, 2.45) is 0 Å². The molecule has 0 saturated carbocycles. The number of halogens is 1. The monoisotopic (exact) mass is 332 g/mol. The zero-order valence-electron chi connectivity index (χ0n) is 13.0. The largest absolute Gasteiger partial charge is 0.351 e. The number of aromatic nitrogens is 1. The van der Waals surface area contributed by atoms with Gasteiger partial charge in [0.2, 0.25) is 0 Å². The highest BCUT2D eigenvalue weighted by Gasteiger charge is 2.10. The highest BCUT2D eigenvalue weighted by Crippen LogP contribution is 2.17. The van der Waals surface area contributed by atoms with E-state index in [4.69, 9.17) is 11.6 Å². The van der Waals surface area contributed by atoms with E-state index < -0.39 is 0 Å². The lowest BCUT2D eigenvalue weighted by atomic mass is 10.2. The Morgan fingerprint density at radius 2 is 2.04 bits per heavy atom. The van der Waals surface area contributed by atoms with Gasteiger partial charge in [-0.2, -0.15) is 0 Å². The first-order valence-corrected chi connectivity index (χ1v) is 8.38. The van der Waals surface area contributed by atoms with Gasteiger partial charge in [-0.15, -0.1) is 0 Å². The fourth-order valence-electron chi connectivity index (χ4n) is 2.75. The maximum atomic E-state index is 12.2. The highest BCUT2D eigenvalue weighted by atomic mass is 35.5. The molecule has 1 aliphatic heterocycles. The van der Waals surface area contributed by atoms with Crippen molar-refractivity contribution >= 4 is 28.4 Å². The Morgan fingerprint density at radius 1 is 1.26 bits per heavy atom. The van der Waals surface area contributed by atoms with Gasteiger partial charge in [-0.05, 0) is 31.2 Å². The fourth-order valence-corrected chi connectivity index (χ4v) is 2.91. The number of nitrogens with one attached hydrogen (secondary N) is 2. The number of rotatable bonds is 5. The maximum Gasteiger partial charge on any atom is 0.269 e. The van der Waals surface area contributed by atoms with E-state index in [1.54, 1.807) is 12.1 Å². The number of fused-ring (bicyclic) bond motifs is 1. The van der Waals surface area contributed by atoms with Crippen LogP contribution in [-0.2, 0) is 0 Å². The second-order valence-corrected chi connectivity index (χ2v) is 6.17. The lowest BCUT2D eigenvalue weighted by molar-refractivity contribution is 0.0946. The summed E-state index contributed by atoms with van der Waals surface area (Å²) in [5.74, 6) is -0.132. The normalized spacial score (nSPS) is 15.7. The van der Waals surface area contributed by atoms with Crippen LogP contribution in [0, 0.1) is 0 Å². The predicted octanol–water partition coefficient (Wildman–Crippen LogP) is 1.91. The van der Waals surface area contributed by atoms with Crippen molar-refractivity contribution in [3.05, 3.63) is 41.0 Å². The Bertz CT molecular complexity index is 685. The molecule has 0 radical (unpaired) electrons. The summed E-state index contributed by atoms with van der Waals surface area (Å²) in [6, 6.07) is 9.15. The van der Waals surface area contributed by atoms with Crippen LogP contribution >= 0.6 is 11.6 Å². The minimum atomic E-state index is -0.132. The molecule has 6 heteroatoms. The predicted molar refractivity (Wildman–Crippen MR) is 93.0 cm³/mol. The Hall–Kier alpha value is -1.69. The third kappa shape index (κ3) is 4.41. The minimum Gasteiger partial charge on any atom is -0.351 e. The minimum absolute atomic E-state index is 0.132. The summed E-state index contributed by atoms with van der Waals surface area (Å²) in [6.45, 7) is 5.95. The molecule has 5 nitrogen and oxygen atoms in total. The zero-order chi connectivity index (χ0) is 16.1. The van der Waals surface area contributed by atoms with Gasteiger partial charge in [-0.3, -0.25) is 4.79 Å². The van der Waals surface area contributed by atoms with Crippen molar-refractivity contribution in [3.8, 4) is 0 Å². The Kier molecular flexibility index (Phi) is 5.43. The smallest absolute Gasteiger partial charge is 0.269 e. The molecule has 2 aromatic rings. The number of hydrogen-bond donors (Lipinski definition) is 2. The SMILES string of the molecule is O=C(NCCCN1CCNCC1)c1ccc2ccc(Cl)cc2n1. The van der Waals surface area contributed by atoms with Crippen LogP contribution in [0.15, 0.2) is 30.3 Å². The van der Waals surface area contributed by atoms with Crippen molar-refractivity contribution in [1.82, 2.24) is 20.5 Å². The van der Waals surface area contributed by atoms with Crippen molar-refractivity contribution < 1.29 is 4.79 Å². The summed E-state index contributed by atoms with van der Waals surface area (Å²) in [4.78, 5) is 19.0. The second kappa shape index (κ2) is 7.73. The quantitative estimate of drug-likeness (QED) is 0.821. The summed E-state index contributed by atoms with van der Waals surface area (Å²) in [6.07, 6.45) is 0.950. The van der Waals surface area contributed by atoms with E-state index in [0.717, 1.165) is 50.0 Å². The molecular formula is C17H21ClN4O. The standard InChI is InChI=1S/C17H21ClN4O/c18-14-4-2-13-3-5-15(21-16(13)12-14)17(23)20-6-1-9-22-10-7-19-8-11-22/h2-5,12,19H,1,6-11H2,(H,20,23). The molecule has 0 spiro atoms. The summed E-state index contributed by atoms with van der Waals surface area (Å²) in [7, 11) is 0. The first kappa shape index (κ1) is 16.2. The van der Waals surface area contributed by atoms with Crippen LogP contribution < -0.4 is 10.6 Å². The third-order valence-electron chi connectivity index (χ3n) is 4.03. The van der Waals surface area contributed by atoms with Crippen LogP contribution in [0.2, 0.25) is 5.02 Å². The number of piperazine rings is 1. The third-order valence-corrected chi connectivity index (χ3v) is 4.27. The van der Waals surface area contributed by atoms with E-state index in [0.29, 0.717) is 17.3 Å². The van der Waals surface area contributed by atoms with Gasteiger partial charge in [0.15, 0.2) is 0 Å². The Labute approximate surface area is 141 Å². The van der Waals surface area contributed by atoms with Crippen LogP contribution in [-0.4, -0.2) is 55.1 Å².